The molecule has 3 aromatic carbocycles. The van der Waals surface area contributed by atoms with Gasteiger partial charge in [0.1, 0.15) is 16.9 Å². The van der Waals surface area contributed by atoms with Crippen LogP contribution in [0.1, 0.15) is 10.9 Å². The van der Waals surface area contributed by atoms with E-state index in [1.54, 1.807) is 11.8 Å². The van der Waals surface area contributed by atoms with Crippen LogP contribution in [0.25, 0.3) is 0 Å². The number of para-hydroxylation sites is 1. The van der Waals surface area contributed by atoms with Crippen molar-refractivity contribution < 1.29 is 9.53 Å². The Bertz CT molecular complexity index is 850. The molecule has 0 aliphatic carbocycles. The van der Waals surface area contributed by atoms with Gasteiger partial charge in [-0.2, -0.15) is 0 Å². The molecule has 1 aliphatic heterocycles. The number of amides is 1. The molecule has 4 rings (SSSR count). The molecule has 1 fully saturated rings. The van der Waals surface area contributed by atoms with E-state index in [0.717, 1.165) is 22.7 Å². The quantitative estimate of drug-likeness (QED) is 0.645. The summed E-state index contributed by atoms with van der Waals surface area (Å²) in [7, 11) is 0. The Hall–Kier alpha value is -2.72. The summed E-state index contributed by atoms with van der Waals surface area (Å²) in [5, 5.41) is 0.0228. The van der Waals surface area contributed by atoms with Gasteiger partial charge in [0.25, 0.3) is 0 Å². The van der Waals surface area contributed by atoms with Gasteiger partial charge in [0.15, 0.2) is 0 Å². The number of rotatable bonds is 4. The van der Waals surface area contributed by atoms with Gasteiger partial charge in [-0.05, 0) is 42.0 Å². The van der Waals surface area contributed by atoms with Gasteiger partial charge >= 0.3 is 0 Å². The fourth-order valence-electron chi connectivity index (χ4n) is 2.87. The van der Waals surface area contributed by atoms with Crippen LogP contribution >= 0.6 is 11.8 Å². The number of hydrogen-bond acceptors (Lipinski definition) is 3. The minimum atomic E-state index is 0.0228. The summed E-state index contributed by atoms with van der Waals surface area (Å²) < 4.78 is 5.83. The molecule has 0 unspecified atom stereocenters. The summed E-state index contributed by atoms with van der Waals surface area (Å²) in [6.07, 6.45) is 0. The third kappa shape index (κ3) is 3.39. The van der Waals surface area contributed by atoms with Crippen molar-refractivity contribution in [1.82, 2.24) is 0 Å². The van der Waals surface area contributed by atoms with Gasteiger partial charge in [0.05, 0.1) is 5.75 Å². The maximum Gasteiger partial charge on any atom is 0.238 e. The number of hydrogen-bond donors (Lipinski definition) is 0. The third-order valence-corrected chi connectivity index (χ3v) is 5.26. The minimum absolute atomic E-state index is 0.0228. The van der Waals surface area contributed by atoms with Crippen molar-refractivity contribution in [2.24, 2.45) is 0 Å². The number of anilines is 1. The highest BCUT2D eigenvalue weighted by Gasteiger charge is 2.33. The molecular formula is C21H17NO2S. The van der Waals surface area contributed by atoms with Gasteiger partial charge in [0.2, 0.25) is 5.91 Å². The van der Waals surface area contributed by atoms with Crippen LogP contribution in [-0.4, -0.2) is 11.7 Å². The van der Waals surface area contributed by atoms with Gasteiger partial charge in [-0.25, -0.2) is 0 Å². The Morgan fingerprint density at radius 2 is 1.40 bits per heavy atom. The van der Waals surface area contributed by atoms with Crippen molar-refractivity contribution in [3.63, 3.8) is 0 Å². The topological polar surface area (TPSA) is 29.5 Å². The Labute approximate surface area is 151 Å². The van der Waals surface area contributed by atoms with Crippen molar-refractivity contribution in [1.29, 1.82) is 0 Å². The first-order valence-electron chi connectivity index (χ1n) is 8.13. The van der Waals surface area contributed by atoms with E-state index in [2.05, 4.69) is 12.1 Å². The highest BCUT2D eigenvalue weighted by Crippen LogP contribution is 2.42. The van der Waals surface area contributed by atoms with Gasteiger partial charge < -0.3 is 4.74 Å². The van der Waals surface area contributed by atoms with Gasteiger partial charge in [-0.15, -0.1) is 11.8 Å². The van der Waals surface area contributed by atoms with E-state index in [4.69, 9.17) is 4.74 Å². The molecule has 3 nitrogen and oxygen atoms in total. The fourth-order valence-corrected chi connectivity index (χ4v) is 4.04. The first kappa shape index (κ1) is 15.8. The second-order valence-electron chi connectivity index (χ2n) is 5.75. The Kier molecular flexibility index (Phi) is 4.44. The average molecular weight is 347 g/mol. The zero-order valence-corrected chi connectivity index (χ0v) is 14.4. The van der Waals surface area contributed by atoms with Crippen molar-refractivity contribution in [3.8, 4) is 11.5 Å². The summed E-state index contributed by atoms with van der Waals surface area (Å²) in [5.74, 6) is 2.19. The standard InChI is InChI=1S/C21H17NO2S/c23-20-15-25-21(16-7-3-1-4-8-16)22(20)17-11-13-19(14-12-17)24-18-9-5-2-6-10-18/h1-14,21H,15H2/t21-/m1/s1. The zero-order chi connectivity index (χ0) is 17.1. The Balaban J connectivity index is 1.57. The molecule has 1 atom stereocenters. The van der Waals surface area contributed by atoms with Crippen LogP contribution in [0.4, 0.5) is 5.69 Å². The Morgan fingerprint density at radius 3 is 2.08 bits per heavy atom. The lowest BCUT2D eigenvalue weighted by Gasteiger charge is -2.24. The molecule has 0 aromatic heterocycles. The molecule has 0 N–H and O–H groups in total. The van der Waals surface area contributed by atoms with Crippen LogP contribution in [0.3, 0.4) is 0 Å². The molecule has 1 saturated heterocycles. The number of nitrogens with zero attached hydrogens (tertiary/aromatic N) is 1. The van der Waals surface area contributed by atoms with Crippen LogP contribution in [0.2, 0.25) is 0 Å². The summed E-state index contributed by atoms with van der Waals surface area (Å²) >= 11 is 1.66. The van der Waals surface area contributed by atoms with E-state index in [0.29, 0.717) is 5.75 Å². The van der Waals surface area contributed by atoms with Crippen LogP contribution in [0, 0.1) is 0 Å². The summed E-state index contributed by atoms with van der Waals surface area (Å²) in [5.41, 5.74) is 2.03. The molecule has 1 heterocycles. The molecule has 0 bridgehead atoms. The maximum atomic E-state index is 12.4. The molecule has 1 aliphatic rings. The smallest absolute Gasteiger partial charge is 0.238 e. The molecule has 25 heavy (non-hydrogen) atoms. The molecule has 124 valence electrons. The lowest BCUT2D eigenvalue weighted by Crippen LogP contribution is -2.27. The lowest BCUT2D eigenvalue weighted by molar-refractivity contribution is -0.115. The molecule has 1 amide bonds. The van der Waals surface area contributed by atoms with E-state index >= 15 is 0 Å². The molecular weight excluding hydrogens is 330 g/mol. The number of carbonyl (C=O) groups excluding carboxylic acids is 1. The molecule has 0 saturated carbocycles. The predicted molar refractivity (Wildman–Crippen MR) is 102 cm³/mol. The van der Waals surface area contributed by atoms with Crippen LogP contribution in [-0.2, 0) is 4.79 Å². The molecule has 4 heteroatoms. The van der Waals surface area contributed by atoms with E-state index in [1.165, 1.54) is 0 Å². The third-order valence-electron chi connectivity index (χ3n) is 4.05. The zero-order valence-electron chi connectivity index (χ0n) is 13.5. The normalized spacial score (nSPS) is 16.9. The van der Waals surface area contributed by atoms with Crippen LogP contribution in [0.15, 0.2) is 84.9 Å². The van der Waals surface area contributed by atoms with Gasteiger partial charge in [0, 0.05) is 5.69 Å². The maximum absolute atomic E-state index is 12.4. The van der Waals surface area contributed by atoms with Crippen molar-refractivity contribution in [3.05, 3.63) is 90.5 Å². The lowest BCUT2D eigenvalue weighted by atomic mass is 10.2. The second-order valence-corrected chi connectivity index (χ2v) is 6.82. The van der Waals surface area contributed by atoms with Gasteiger partial charge in [-0.3, -0.25) is 9.69 Å². The van der Waals surface area contributed by atoms with Crippen molar-refractivity contribution in [2.75, 3.05) is 10.7 Å². The van der Waals surface area contributed by atoms with Crippen molar-refractivity contribution >= 4 is 23.4 Å². The molecule has 0 radical (unpaired) electrons. The molecule has 3 aromatic rings. The number of thioether (sulfide) groups is 1. The monoisotopic (exact) mass is 347 g/mol. The largest absolute Gasteiger partial charge is 0.457 e. The summed E-state index contributed by atoms with van der Waals surface area (Å²) in [4.78, 5) is 14.3. The molecule has 0 spiro atoms. The van der Waals surface area contributed by atoms with E-state index < -0.39 is 0 Å². The van der Waals surface area contributed by atoms with Crippen molar-refractivity contribution in [2.45, 2.75) is 5.37 Å². The summed E-state index contributed by atoms with van der Waals surface area (Å²) in [6.45, 7) is 0. The van der Waals surface area contributed by atoms with Crippen LogP contribution in [0.5, 0.6) is 11.5 Å². The predicted octanol–water partition coefficient (Wildman–Crippen LogP) is 5.26. The van der Waals surface area contributed by atoms with E-state index in [9.17, 15) is 4.79 Å². The summed E-state index contributed by atoms with van der Waals surface area (Å²) in [6, 6.07) is 27.5. The number of benzene rings is 3. The Morgan fingerprint density at radius 1 is 0.800 bits per heavy atom. The number of ether oxygens (including phenoxy) is 1. The van der Waals surface area contributed by atoms with Crippen LogP contribution < -0.4 is 9.64 Å². The van der Waals surface area contributed by atoms with E-state index in [-0.39, 0.29) is 11.3 Å². The average Bonchev–Trinajstić information content (AvgIpc) is 3.05. The highest BCUT2D eigenvalue weighted by atomic mass is 32.2. The van der Waals surface area contributed by atoms with E-state index in [1.807, 2.05) is 77.7 Å². The SMILES string of the molecule is O=C1CS[C@H](c2ccccc2)N1c1ccc(Oc2ccccc2)cc1. The highest BCUT2D eigenvalue weighted by molar-refractivity contribution is 8.00. The first-order valence-corrected chi connectivity index (χ1v) is 9.18. The number of carbonyl (C=O) groups is 1. The fraction of sp³-hybridized carbons (Fsp3) is 0.0952. The minimum Gasteiger partial charge on any atom is -0.457 e. The first-order chi connectivity index (χ1) is 12.3. The second kappa shape index (κ2) is 7.03. The van der Waals surface area contributed by atoms with Gasteiger partial charge in [-0.1, -0.05) is 48.5 Å².